The van der Waals surface area contributed by atoms with Crippen molar-refractivity contribution < 1.29 is 18.0 Å². The molecule has 7 nitrogen and oxygen atoms in total. The number of alkyl halides is 3. The number of likely N-dealkylation sites (tertiary alicyclic amines) is 1. The third-order valence-electron chi connectivity index (χ3n) is 6.31. The number of hydrogen-bond acceptors (Lipinski definition) is 4. The molecule has 3 aromatic rings. The van der Waals surface area contributed by atoms with Crippen molar-refractivity contribution >= 4 is 22.6 Å². The number of aromatic amines is 1. The molecule has 2 N–H and O–H groups in total. The normalized spacial score (nSPS) is 21.3. The molecule has 10 heteroatoms. The third-order valence-corrected chi connectivity index (χ3v) is 6.31. The molecule has 2 atom stereocenters. The van der Waals surface area contributed by atoms with Crippen molar-refractivity contribution in [3.63, 3.8) is 0 Å². The van der Waals surface area contributed by atoms with Gasteiger partial charge in [-0.15, -0.1) is 6.58 Å². The highest BCUT2D eigenvalue weighted by molar-refractivity contribution is 6.00. The number of nitrogens with zero attached hydrogens (tertiary/aromatic N) is 4. The van der Waals surface area contributed by atoms with Crippen LogP contribution in [0.2, 0.25) is 0 Å². The van der Waals surface area contributed by atoms with Gasteiger partial charge in [0.2, 0.25) is 0 Å². The first-order valence-corrected chi connectivity index (χ1v) is 10.6. The molecule has 2 aromatic heterocycles. The SMILES string of the molecule is C=C[C@@H]1CN(CC(F)(F)F)C[C@H]1N1Cc2cc3c(-c4ccnc(C)c4)n[nH]c3cc2NC1=O. The van der Waals surface area contributed by atoms with Crippen molar-refractivity contribution in [1.82, 2.24) is 25.0 Å². The number of hydrogen-bond donors (Lipinski definition) is 2. The van der Waals surface area contributed by atoms with Crippen molar-refractivity contribution in [3.8, 4) is 11.3 Å². The number of nitrogens with one attached hydrogen (secondary N) is 2. The van der Waals surface area contributed by atoms with Crippen LogP contribution in [0.3, 0.4) is 0 Å². The largest absolute Gasteiger partial charge is 0.401 e. The Morgan fingerprint density at radius 1 is 1.27 bits per heavy atom. The lowest BCUT2D eigenvalue weighted by Gasteiger charge is -2.36. The van der Waals surface area contributed by atoms with E-state index in [0.29, 0.717) is 12.2 Å². The molecule has 0 bridgehead atoms. The van der Waals surface area contributed by atoms with Gasteiger partial charge in [0.25, 0.3) is 0 Å². The van der Waals surface area contributed by atoms with Crippen LogP contribution in [0, 0.1) is 12.8 Å². The Kier molecular flexibility index (Phi) is 5.12. The van der Waals surface area contributed by atoms with Gasteiger partial charge in [-0.05, 0) is 36.8 Å². The number of pyridine rings is 1. The molecule has 1 fully saturated rings. The average Bonchev–Trinajstić information content (AvgIpc) is 3.33. The minimum Gasteiger partial charge on any atom is -0.315 e. The van der Waals surface area contributed by atoms with E-state index in [2.05, 4.69) is 27.1 Å². The van der Waals surface area contributed by atoms with E-state index < -0.39 is 12.7 Å². The molecule has 172 valence electrons. The second-order valence-corrected chi connectivity index (χ2v) is 8.65. The summed E-state index contributed by atoms with van der Waals surface area (Å²) in [6, 6.07) is 6.96. The highest BCUT2D eigenvalue weighted by Gasteiger charge is 2.42. The van der Waals surface area contributed by atoms with Gasteiger partial charge in [0.05, 0.1) is 18.1 Å². The first kappa shape index (κ1) is 21.4. The summed E-state index contributed by atoms with van der Waals surface area (Å²) in [5.74, 6) is -0.243. The lowest BCUT2D eigenvalue weighted by Crippen LogP contribution is -2.48. The zero-order valence-electron chi connectivity index (χ0n) is 18.0. The maximum absolute atomic E-state index is 12.9. The van der Waals surface area contributed by atoms with Crippen molar-refractivity contribution in [3.05, 3.63) is 54.4 Å². The Labute approximate surface area is 188 Å². The van der Waals surface area contributed by atoms with E-state index in [1.54, 1.807) is 17.2 Å². The molecule has 0 unspecified atom stereocenters. The lowest BCUT2D eigenvalue weighted by molar-refractivity contribution is -0.143. The predicted octanol–water partition coefficient (Wildman–Crippen LogP) is 4.33. The van der Waals surface area contributed by atoms with Crippen molar-refractivity contribution in [2.24, 2.45) is 5.92 Å². The Balaban J connectivity index is 1.46. The molecular formula is C23H23F3N6O. The molecule has 33 heavy (non-hydrogen) atoms. The summed E-state index contributed by atoms with van der Waals surface area (Å²) >= 11 is 0. The molecular weight excluding hydrogens is 433 g/mol. The van der Waals surface area contributed by atoms with E-state index in [-0.39, 0.29) is 31.1 Å². The topological polar surface area (TPSA) is 77.2 Å². The summed E-state index contributed by atoms with van der Waals surface area (Å²) in [6.45, 7) is 5.37. The molecule has 0 saturated carbocycles. The molecule has 1 aromatic carbocycles. The Bertz CT molecular complexity index is 1240. The van der Waals surface area contributed by atoms with E-state index >= 15 is 0 Å². The molecule has 5 rings (SSSR count). The van der Waals surface area contributed by atoms with E-state index in [9.17, 15) is 18.0 Å². The molecule has 0 aliphatic carbocycles. The third kappa shape index (κ3) is 4.06. The smallest absolute Gasteiger partial charge is 0.315 e. The number of aryl methyl sites for hydroxylation is 1. The maximum atomic E-state index is 12.9. The molecule has 2 amide bonds. The second kappa shape index (κ2) is 7.87. The number of amides is 2. The Morgan fingerprint density at radius 2 is 2.09 bits per heavy atom. The minimum absolute atomic E-state index is 0.147. The van der Waals surface area contributed by atoms with Crippen LogP contribution in [0.15, 0.2) is 43.1 Å². The molecule has 4 heterocycles. The Morgan fingerprint density at radius 3 is 2.82 bits per heavy atom. The van der Waals surface area contributed by atoms with Crippen LogP contribution in [-0.2, 0) is 6.54 Å². The fourth-order valence-corrected chi connectivity index (χ4v) is 4.82. The number of fused-ring (bicyclic) bond motifs is 2. The molecule has 2 aliphatic heterocycles. The lowest BCUT2D eigenvalue weighted by atomic mass is 9.99. The van der Waals surface area contributed by atoms with E-state index in [4.69, 9.17) is 0 Å². The monoisotopic (exact) mass is 456 g/mol. The van der Waals surface area contributed by atoms with Crippen LogP contribution in [-0.4, -0.2) is 62.9 Å². The summed E-state index contributed by atoms with van der Waals surface area (Å²) in [4.78, 5) is 20.1. The number of carbonyl (C=O) groups is 1. The number of halogens is 3. The van der Waals surface area contributed by atoms with Crippen LogP contribution >= 0.6 is 0 Å². The van der Waals surface area contributed by atoms with Crippen molar-refractivity contribution in [2.45, 2.75) is 25.7 Å². The number of carbonyl (C=O) groups excluding carboxylic acids is 1. The zero-order valence-corrected chi connectivity index (χ0v) is 18.0. The summed E-state index contributed by atoms with van der Waals surface area (Å²) in [5.41, 5.74) is 4.92. The van der Waals surface area contributed by atoms with Gasteiger partial charge >= 0.3 is 12.2 Å². The fourth-order valence-electron chi connectivity index (χ4n) is 4.82. The number of H-pyrrole nitrogens is 1. The van der Waals surface area contributed by atoms with Crippen LogP contribution in [0.25, 0.3) is 22.2 Å². The van der Waals surface area contributed by atoms with Gasteiger partial charge in [0.15, 0.2) is 0 Å². The molecule has 1 saturated heterocycles. The second-order valence-electron chi connectivity index (χ2n) is 8.65. The highest BCUT2D eigenvalue weighted by atomic mass is 19.4. The number of aromatic nitrogens is 3. The maximum Gasteiger partial charge on any atom is 0.401 e. The molecule has 0 spiro atoms. The first-order chi connectivity index (χ1) is 15.7. The van der Waals surface area contributed by atoms with Crippen molar-refractivity contribution in [1.29, 1.82) is 0 Å². The number of benzene rings is 1. The zero-order chi connectivity index (χ0) is 23.3. The van der Waals surface area contributed by atoms with Crippen LogP contribution in [0.5, 0.6) is 0 Å². The highest BCUT2D eigenvalue weighted by Crippen LogP contribution is 2.36. The van der Waals surface area contributed by atoms with Crippen LogP contribution in [0.4, 0.5) is 23.7 Å². The van der Waals surface area contributed by atoms with E-state index in [0.717, 1.165) is 33.4 Å². The predicted molar refractivity (Wildman–Crippen MR) is 119 cm³/mol. The van der Waals surface area contributed by atoms with Gasteiger partial charge in [-0.3, -0.25) is 15.0 Å². The van der Waals surface area contributed by atoms with Crippen molar-refractivity contribution in [2.75, 3.05) is 25.0 Å². The quantitative estimate of drug-likeness (QED) is 0.573. The van der Waals surface area contributed by atoms with Gasteiger partial charge in [-0.1, -0.05) is 6.08 Å². The van der Waals surface area contributed by atoms with Gasteiger partial charge < -0.3 is 10.2 Å². The number of urea groups is 1. The van der Waals surface area contributed by atoms with E-state index in [1.165, 1.54) is 4.90 Å². The Hall–Kier alpha value is -3.40. The van der Waals surface area contributed by atoms with Crippen LogP contribution in [0.1, 0.15) is 11.3 Å². The minimum atomic E-state index is -4.29. The average molecular weight is 456 g/mol. The fraction of sp³-hybridized carbons (Fsp3) is 0.348. The van der Waals surface area contributed by atoms with Gasteiger partial charge in [0, 0.05) is 54.1 Å². The number of anilines is 1. The summed E-state index contributed by atoms with van der Waals surface area (Å²) in [6.07, 6.45) is -0.910. The summed E-state index contributed by atoms with van der Waals surface area (Å²) in [7, 11) is 0. The van der Waals surface area contributed by atoms with Crippen LogP contribution < -0.4 is 5.32 Å². The summed E-state index contributed by atoms with van der Waals surface area (Å²) < 4.78 is 38.8. The standard InChI is InChI=1S/C23H23F3N6O/c1-3-14-9-31(12-23(24,25)26)11-20(14)32-10-16-7-17-19(8-18(16)28-22(32)33)29-30-21(17)15-4-5-27-13(2)6-15/h3-8,14,20H,1,9-12H2,2H3,(H,28,33)(H,29,30)/t14-,20-/m1/s1. The van der Waals surface area contributed by atoms with Gasteiger partial charge in [-0.2, -0.15) is 18.3 Å². The summed E-state index contributed by atoms with van der Waals surface area (Å²) in [5, 5.41) is 11.3. The van der Waals surface area contributed by atoms with Gasteiger partial charge in [-0.25, -0.2) is 4.79 Å². The van der Waals surface area contributed by atoms with E-state index in [1.807, 2.05) is 31.2 Å². The van der Waals surface area contributed by atoms with Gasteiger partial charge in [0.1, 0.15) is 5.69 Å². The molecule has 0 radical (unpaired) electrons. The number of rotatable bonds is 4. The first-order valence-electron chi connectivity index (χ1n) is 10.6. The molecule has 2 aliphatic rings.